The van der Waals surface area contributed by atoms with Crippen molar-refractivity contribution >= 4 is 50.6 Å². The number of benzene rings is 1. The lowest BCUT2D eigenvalue weighted by Gasteiger charge is -2.42. The van der Waals surface area contributed by atoms with Gasteiger partial charge in [-0.25, -0.2) is 0 Å². The molecule has 6 rings (SSSR count). The Morgan fingerprint density at radius 2 is 1.92 bits per heavy atom. The van der Waals surface area contributed by atoms with Gasteiger partial charge < -0.3 is 5.11 Å². The quantitative estimate of drug-likeness (QED) is 0.331. The lowest BCUT2D eigenvalue weighted by molar-refractivity contribution is -0.140. The van der Waals surface area contributed by atoms with Gasteiger partial charge in [-0.2, -0.15) is 0 Å². The van der Waals surface area contributed by atoms with Gasteiger partial charge >= 0.3 is 0 Å². The number of halogens is 1. The fourth-order valence-electron chi connectivity index (χ4n) is 6.22. The molecule has 1 saturated heterocycles. The third-order valence-corrected chi connectivity index (χ3v) is 9.32. The Morgan fingerprint density at radius 1 is 1.11 bits per heavy atom. The summed E-state index contributed by atoms with van der Waals surface area (Å²) in [6, 6.07) is 9.00. The Kier molecular flexibility index (Phi) is 5.50. The molecule has 1 aromatic carbocycles. The smallest absolute Gasteiger partial charge is 0.234 e. The number of aryl methyl sites for hydroxylation is 1. The summed E-state index contributed by atoms with van der Waals surface area (Å²) < 4.78 is 0.208. The van der Waals surface area contributed by atoms with Crippen LogP contribution in [0.25, 0.3) is 0 Å². The van der Waals surface area contributed by atoms with Crippen molar-refractivity contribution in [3.63, 3.8) is 0 Å². The van der Waals surface area contributed by atoms with Crippen molar-refractivity contribution in [1.82, 2.24) is 4.90 Å². The highest BCUT2D eigenvalue weighted by Gasteiger charge is 2.56. The van der Waals surface area contributed by atoms with E-state index in [-0.39, 0.29) is 52.5 Å². The van der Waals surface area contributed by atoms with E-state index < -0.39 is 17.8 Å². The van der Waals surface area contributed by atoms with Gasteiger partial charge in [0.05, 0.1) is 22.9 Å². The number of hydrogen-bond donors (Lipinski definition) is 1. The second-order valence-corrected chi connectivity index (χ2v) is 11.7. The molecule has 1 fully saturated rings. The number of phenolic OH excluding ortho intramolecular Hbond substituents is 1. The average molecular weight is 564 g/mol. The molecule has 0 spiro atoms. The molecule has 6 nitrogen and oxygen atoms in total. The number of ketones is 2. The van der Waals surface area contributed by atoms with Gasteiger partial charge in [-0.3, -0.25) is 24.1 Å². The first-order valence-corrected chi connectivity index (χ1v) is 13.5. The number of likely N-dealkylation sites (tertiary alicyclic amines) is 1. The van der Waals surface area contributed by atoms with Crippen LogP contribution in [0.1, 0.15) is 34.8 Å². The number of carbonyl (C=O) groups excluding carboxylic acids is 4. The van der Waals surface area contributed by atoms with Gasteiger partial charge in [-0.1, -0.05) is 29.8 Å². The van der Waals surface area contributed by atoms with Crippen LogP contribution in [0.2, 0.25) is 0 Å². The van der Waals surface area contributed by atoms with Crippen LogP contribution < -0.4 is 0 Å². The summed E-state index contributed by atoms with van der Waals surface area (Å²) in [5, 5.41) is 12.0. The van der Waals surface area contributed by atoms with Crippen LogP contribution >= 0.6 is 27.3 Å². The molecular formula is C28H22BrNO5S. The molecule has 2 heterocycles. The van der Waals surface area contributed by atoms with Gasteiger partial charge in [-0.05, 0) is 70.3 Å². The summed E-state index contributed by atoms with van der Waals surface area (Å²) >= 11 is 4.75. The van der Waals surface area contributed by atoms with E-state index in [4.69, 9.17) is 0 Å². The fourth-order valence-corrected chi connectivity index (χ4v) is 7.36. The Balaban J connectivity index is 1.47. The highest BCUT2D eigenvalue weighted by molar-refractivity contribution is 9.12. The molecule has 8 heteroatoms. The summed E-state index contributed by atoms with van der Waals surface area (Å²) in [6.07, 6.45) is 3.99. The van der Waals surface area contributed by atoms with Crippen LogP contribution in [-0.2, 0) is 25.7 Å². The molecule has 1 aliphatic heterocycles. The summed E-state index contributed by atoms with van der Waals surface area (Å²) in [7, 11) is 0. The maximum Gasteiger partial charge on any atom is 0.234 e. The molecule has 0 radical (unpaired) electrons. The molecule has 3 aliphatic carbocycles. The van der Waals surface area contributed by atoms with Crippen LogP contribution in [0.3, 0.4) is 0 Å². The molecular weight excluding hydrogens is 542 g/mol. The standard InChI is InChI=1S/C28H22BrNO5S/c1-13-9-14(4-7-21(13)31)23-16-5-6-17-24(28(35)30(27(17)34)12-15-3-2-8-36-15)18(16)10-19-25(23)22(32)11-20(29)26(19)33/h2-5,7-9,11,17-18,23-24,31H,6,10,12H2,1H3. The highest BCUT2D eigenvalue weighted by atomic mass is 79.9. The zero-order valence-electron chi connectivity index (χ0n) is 19.4. The van der Waals surface area contributed by atoms with E-state index in [1.165, 1.54) is 22.3 Å². The molecule has 1 N–H and O–H groups in total. The van der Waals surface area contributed by atoms with Crippen molar-refractivity contribution in [3.8, 4) is 5.75 Å². The minimum Gasteiger partial charge on any atom is -0.508 e. The van der Waals surface area contributed by atoms with Crippen LogP contribution in [-0.4, -0.2) is 33.4 Å². The predicted octanol–water partition coefficient (Wildman–Crippen LogP) is 4.72. The van der Waals surface area contributed by atoms with Crippen molar-refractivity contribution < 1.29 is 24.3 Å². The van der Waals surface area contributed by atoms with E-state index in [9.17, 15) is 24.3 Å². The van der Waals surface area contributed by atoms with Crippen molar-refractivity contribution in [2.24, 2.45) is 17.8 Å². The number of phenols is 1. The largest absolute Gasteiger partial charge is 0.508 e. The van der Waals surface area contributed by atoms with Gasteiger partial charge in [0.25, 0.3) is 0 Å². The number of rotatable bonds is 3. The van der Waals surface area contributed by atoms with Gasteiger partial charge in [0.2, 0.25) is 11.8 Å². The molecule has 36 heavy (non-hydrogen) atoms. The number of fused-ring (bicyclic) bond motifs is 3. The summed E-state index contributed by atoms with van der Waals surface area (Å²) in [4.78, 5) is 55.8. The zero-order chi connectivity index (χ0) is 25.3. The van der Waals surface area contributed by atoms with E-state index >= 15 is 0 Å². The normalized spacial score (nSPS) is 27.6. The van der Waals surface area contributed by atoms with E-state index in [1.807, 2.05) is 29.7 Å². The topological polar surface area (TPSA) is 91.8 Å². The number of amides is 2. The number of allylic oxidation sites excluding steroid dienone is 6. The highest BCUT2D eigenvalue weighted by Crippen LogP contribution is 2.55. The third kappa shape index (κ3) is 3.42. The van der Waals surface area contributed by atoms with E-state index in [0.717, 1.165) is 16.0 Å². The molecule has 1 aromatic heterocycles. The molecule has 4 unspecified atom stereocenters. The van der Waals surface area contributed by atoms with Gasteiger partial charge in [-0.15, -0.1) is 11.3 Å². The summed E-state index contributed by atoms with van der Waals surface area (Å²) in [5.41, 5.74) is 3.19. The minimum atomic E-state index is -0.570. The van der Waals surface area contributed by atoms with Crippen LogP contribution in [0, 0.1) is 24.7 Å². The van der Waals surface area contributed by atoms with E-state index in [0.29, 0.717) is 23.1 Å². The summed E-state index contributed by atoms with van der Waals surface area (Å²) in [6.45, 7) is 2.04. The first kappa shape index (κ1) is 23.3. The second-order valence-electron chi connectivity index (χ2n) is 9.78. The molecule has 4 atom stereocenters. The summed E-state index contributed by atoms with van der Waals surface area (Å²) in [5.74, 6) is -2.62. The molecule has 0 bridgehead atoms. The van der Waals surface area contributed by atoms with Crippen LogP contribution in [0.15, 0.2) is 69.1 Å². The first-order valence-electron chi connectivity index (χ1n) is 11.8. The average Bonchev–Trinajstić information content (AvgIpc) is 3.46. The maximum atomic E-state index is 13.7. The number of imide groups is 1. The Hall–Kier alpha value is -3.10. The number of nitrogens with zero attached hydrogens (tertiary/aromatic N) is 1. The lowest BCUT2D eigenvalue weighted by Crippen LogP contribution is -2.39. The lowest BCUT2D eigenvalue weighted by atomic mass is 9.59. The Morgan fingerprint density at radius 3 is 2.64 bits per heavy atom. The molecule has 182 valence electrons. The van der Waals surface area contributed by atoms with Crippen molar-refractivity contribution in [3.05, 3.63) is 85.1 Å². The SMILES string of the molecule is Cc1cc(C2C3=CCC4C(=O)N(Cc5cccs5)C(=O)C4C3CC3=C2C(=O)C=C(Br)C3=O)ccc1O. The van der Waals surface area contributed by atoms with Crippen molar-refractivity contribution in [2.45, 2.75) is 32.2 Å². The fraction of sp³-hybridized carbons (Fsp3) is 0.286. The van der Waals surface area contributed by atoms with Crippen LogP contribution in [0.4, 0.5) is 0 Å². The minimum absolute atomic E-state index is 0.146. The monoisotopic (exact) mass is 563 g/mol. The van der Waals surface area contributed by atoms with Crippen LogP contribution in [0.5, 0.6) is 5.75 Å². The zero-order valence-corrected chi connectivity index (χ0v) is 21.8. The predicted molar refractivity (Wildman–Crippen MR) is 137 cm³/mol. The van der Waals surface area contributed by atoms with E-state index in [1.54, 1.807) is 19.1 Å². The number of aromatic hydroxyl groups is 1. The van der Waals surface area contributed by atoms with Crippen molar-refractivity contribution in [1.29, 1.82) is 0 Å². The number of carbonyl (C=O) groups is 4. The molecule has 2 amide bonds. The number of thiophene rings is 1. The maximum absolute atomic E-state index is 13.7. The third-order valence-electron chi connectivity index (χ3n) is 7.87. The van der Waals surface area contributed by atoms with Crippen molar-refractivity contribution in [2.75, 3.05) is 0 Å². The Labute approximate surface area is 220 Å². The molecule has 4 aliphatic rings. The Bertz CT molecular complexity index is 1450. The number of Topliss-reactive ketones (excluding diaryl/α,β-unsaturated/α-hetero) is 1. The van der Waals surface area contributed by atoms with Gasteiger partial charge in [0, 0.05) is 28.0 Å². The molecule has 0 saturated carbocycles. The van der Waals surface area contributed by atoms with Gasteiger partial charge in [0.1, 0.15) is 5.75 Å². The van der Waals surface area contributed by atoms with Gasteiger partial charge in [0.15, 0.2) is 11.6 Å². The number of hydrogen-bond acceptors (Lipinski definition) is 6. The first-order chi connectivity index (χ1) is 17.3. The second kappa shape index (κ2) is 8.49. The molecule has 2 aromatic rings. The van der Waals surface area contributed by atoms with E-state index in [2.05, 4.69) is 15.9 Å².